The van der Waals surface area contributed by atoms with Gasteiger partial charge in [0.15, 0.2) is 5.96 Å². The van der Waals surface area contributed by atoms with Crippen LogP contribution in [0.1, 0.15) is 11.4 Å². The maximum atomic E-state index is 12.6. The zero-order valence-corrected chi connectivity index (χ0v) is 16.3. The summed E-state index contributed by atoms with van der Waals surface area (Å²) >= 11 is 0. The number of imidazole rings is 1. The number of aryl methyl sites for hydroxylation is 2. The third-order valence-corrected chi connectivity index (χ3v) is 4.84. The number of hydrogen-bond donors (Lipinski definition) is 2. The fourth-order valence-electron chi connectivity index (χ4n) is 3.43. The molecule has 0 spiro atoms. The van der Waals surface area contributed by atoms with Crippen molar-refractivity contribution < 1.29 is 4.79 Å². The fourth-order valence-corrected chi connectivity index (χ4v) is 3.43. The highest BCUT2D eigenvalue weighted by Crippen LogP contribution is 2.16. The van der Waals surface area contributed by atoms with Gasteiger partial charge in [-0.2, -0.15) is 5.10 Å². The molecule has 1 saturated heterocycles. The molecule has 1 aromatic carbocycles. The number of anilines is 1. The van der Waals surface area contributed by atoms with Gasteiger partial charge in [-0.25, -0.2) is 4.98 Å². The van der Waals surface area contributed by atoms with Gasteiger partial charge in [0.05, 0.1) is 29.5 Å². The lowest BCUT2D eigenvalue weighted by molar-refractivity contribution is -0.120. The number of amides is 1. The number of aromatic amines is 1. The van der Waals surface area contributed by atoms with Crippen LogP contribution < -0.4 is 10.2 Å². The molecule has 1 amide bonds. The van der Waals surface area contributed by atoms with Crippen molar-refractivity contribution in [1.82, 2.24) is 30.0 Å². The van der Waals surface area contributed by atoms with Crippen LogP contribution in [0, 0.1) is 6.92 Å². The molecule has 2 N–H and O–H groups in total. The van der Waals surface area contributed by atoms with Gasteiger partial charge in [0, 0.05) is 33.4 Å². The Kier molecular flexibility index (Phi) is 4.72. The molecule has 2 aromatic heterocycles. The first kappa shape index (κ1) is 18.0. The first-order valence-electron chi connectivity index (χ1n) is 9.23. The van der Waals surface area contributed by atoms with E-state index >= 15 is 0 Å². The molecule has 28 heavy (non-hydrogen) atoms. The lowest BCUT2D eigenvalue weighted by atomic mass is 10.2. The van der Waals surface area contributed by atoms with Crippen molar-refractivity contribution >= 4 is 28.6 Å². The Labute approximate surface area is 163 Å². The molecule has 3 aromatic rings. The molecule has 0 radical (unpaired) electrons. The lowest BCUT2D eigenvalue weighted by Gasteiger charge is -2.35. The van der Waals surface area contributed by atoms with Crippen LogP contribution >= 0.6 is 0 Å². The van der Waals surface area contributed by atoms with E-state index < -0.39 is 0 Å². The van der Waals surface area contributed by atoms with Gasteiger partial charge < -0.3 is 20.1 Å². The third kappa shape index (κ3) is 3.55. The minimum Gasteiger partial charge on any atom is -0.349 e. The summed E-state index contributed by atoms with van der Waals surface area (Å²) in [7, 11) is 3.57. The molecule has 0 atom stereocenters. The molecule has 4 rings (SSSR count). The van der Waals surface area contributed by atoms with Crippen LogP contribution in [0.2, 0.25) is 0 Å². The number of carbonyl (C=O) groups is 1. The topological polar surface area (TPSA) is 94.4 Å². The summed E-state index contributed by atoms with van der Waals surface area (Å²) in [6.45, 7) is 4.13. The van der Waals surface area contributed by atoms with Crippen LogP contribution in [-0.2, 0) is 18.4 Å². The van der Waals surface area contributed by atoms with E-state index in [0.717, 1.165) is 22.5 Å². The SMILES string of the molecule is CN=C(NCc1nc2ccc(C)cc2[nH]1)N1CCN(c2cnn(C)c2)C(=O)C1. The highest BCUT2D eigenvalue weighted by molar-refractivity contribution is 5.98. The molecule has 146 valence electrons. The van der Waals surface area contributed by atoms with E-state index in [2.05, 4.69) is 38.4 Å². The van der Waals surface area contributed by atoms with Crippen molar-refractivity contribution in [2.24, 2.45) is 12.0 Å². The average Bonchev–Trinajstić information content (AvgIpc) is 3.27. The minimum atomic E-state index is 0.0291. The predicted molar refractivity (Wildman–Crippen MR) is 108 cm³/mol. The number of carbonyl (C=O) groups excluding carboxylic acids is 1. The van der Waals surface area contributed by atoms with Crippen LogP contribution in [0.15, 0.2) is 35.6 Å². The first-order valence-corrected chi connectivity index (χ1v) is 9.23. The highest BCUT2D eigenvalue weighted by atomic mass is 16.2. The zero-order valence-electron chi connectivity index (χ0n) is 16.3. The number of nitrogens with one attached hydrogen (secondary N) is 2. The fraction of sp³-hybridized carbons (Fsp3) is 0.368. The maximum absolute atomic E-state index is 12.6. The van der Waals surface area contributed by atoms with E-state index in [1.165, 1.54) is 5.56 Å². The van der Waals surface area contributed by atoms with Crippen LogP contribution in [0.5, 0.6) is 0 Å². The van der Waals surface area contributed by atoms with Gasteiger partial charge in [-0.3, -0.25) is 14.5 Å². The summed E-state index contributed by atoms with van der Waals surface area (Å²) in [6.07, 6.45) is 3.56. The first-order chi connectivity index (χ1) is 13.5. The second kappa shape index (κ2) is 7.34. The molecule has 0 saturated carbocycles. The van der Waals surface area contributed by atoms with Gasteiger partial charge in [-0.05, 0) is 24.6 Å². The number of nitrogens with zero attached hydrogens (tertiary/aromatic N) is 6. The predicted octanol–water partition coefficient (Wildman–Crippen LogP) is 1.03. The number of aliphatic imine (C=N–C) groups is 1. The van der Waals surface area contributed by atoms with E-state index in [4.69, 9.17) is 0 Å². The van der Waals surface area contributed by atoms with Crippen molar-refractivity contribution in [2.75, 3.05) is 31.6 Å². The molecule has 3 heterocycles. The molecular formula is C19H24N8O. The van der Waals surface area contributed by atoms with Crippen LogP contribution in [-0.4, -0.2) is 63.2 Å². The number of piperazine rings is 1. The normalized spacial score (nSPS) is 15.5. The Morgan fingerprint density at radius 1 is 1.36 bits per heavy atom. The summed E-state index contributed by atoms with van der Waals surface area (Å²) < 4.78 is 1.70. The van der Waals surface area contributed by atoms with E-state index in [1.807, 2.05) is 30.3 Å². The molecular weight excluding hydrogens is 356 g/mol. The number of hydrogen-bond acceptors (Lipinski definition) is 4. The van der Waals surface area contributed by atoms with Crippen molar-refractivity contribution in [3.63, 3.8) is 0 Å². The number of benzene rings is 1. The third-order valence-electron chi connectivity index (χ3n) is 4.84. The van der Waals surface area contributed by atoms with E-state index in [-0.39, 0.29) is 12.5 Å². The van der Waals surface area contributed by atoms with Crippen molar-refractivity contribution in [3.8, 4) is 0 Å². The van der Waals surface area contributed by atoms with Crippen LogP contribution in [0.25, 0.3) is 11.0 Å². The number of guanidine groups is 1. The number of aromatic nitrogens is 4. The van der Waals surface area contributed by atoms with Gasteiger partial charge in [0.25, 0.3) is 0 Å². The summed E-state index contributed by atoms with van der Waals surface area (Å²) in [6, 6.07) is 6.14. The summed E-state index contributed by atoms with van der Waals surface area (Å²) in [5.74, 6) is 1.55. The van der Waals surface area contributed by atoms with E-state index in [9.17, 15) is 4.79 Å². The van der Waals surface area contributed by atoms with Gasteiger partial charge in [0.1, 0.15) is 12.4 Å². The highest BCUT2D eigenvalue weighted by Gasteiger charge is 2.27. The molecule has 9 heteroatoms. The Balaban J connectivity index is 1.39. The summed E-state index contributed by atoms with van der Waals surface area (Å²) in [4.78, 5) is 28.6. The van der Waals surface area contributed by atoms with Crippen LogP contribution in [0.3, 0.4) is 0 Å². The van der Waals surface area contributed by atoms with Crippen molar-refractivity contribution in [1.29, 1.82) is 0 Å². The molecule has 1 aliphatic rings. The summed E-state index contributed by atoms with van der Waals surface area (Å²) in [5.41, 5.74) is 3.98. The second-order valence-electron chi connectivity index (χ2n) is 6.94. The molecule has 0 aliphatic carbocycles. The number of fused-ring (bicyclic) bond motifs is 1. The van der Waals surface area contributed by atoms with Crippen LogP contribution in [0.4, 0.5) is 5.69 Å². The van der Waals surface area contributed by atoms with Gasteiger partial charge in [0.2, 0.25) is 5.91 Å². The molecule has 0 bridgehead atoms. The Morgan fingerprint density at radius 3 is 2.93 bits per heavy atom. The Morgan fingerprint density at radius 2 is 2.21 bits per heavy atom. The van der Waals surface area contributed by atoms with E-state index in [0.29, 0.717) is 25.6 Å². The number of rotatable bonds is 3. The molecule has 1 aliphatic heterocycles. The smallest absolute Gasteiger partial charge is 0.246 e. The minimum absolute atomic E-state index is 0.0291. The lowest BCUT2D eigenvalue weighted by Crippen LogP contribution is -2.55. The van der Waals surface area contributed by atoms with Crippen molar-refractivity contribution in [2.45, 2.75) is 13.5 Å². The number of H-pyrrole nitrogens is 1. The Bertz CT molecular complexity index is 1030. The summed E-state index contributed by atoms with van der Waals surface area (Å²) in [5, 5.41) is 7.45. The van der Waals surface area contributed by atoms with Gasteiger partial charge >= 0.3 is 0 Å². The monoisotopic (exact) mass is 380 g/mol. The molecule has 1 fully saturated rings. The quantitative estimate of drug-likeness (QED) is 0.523. The molecule has 0 unspecified atom stereocenters. The Hall–Kier alpha value is -3.36. The van der Waals surface area contributed by atoms with Gasteiger partial charge in [-0.1, -0.05) is 6.07 Å². The maximum Gasteiger partial charge on any atom is 0.246 e. The van der Waals surface area contributed by atoms with Crippen molar-refractivity contribution in [3.05, 3.63) is 42.0 Å². The van der Waals surface area contributed by atoms with Gasteiger partial charge in [-0.15, -0.1) is 0 Å². The van der Waals surface area contributed by atoms with E-state index in [1.54, 1.807) is 22.8 Å². The largest absolute Gasteiger partial charge is 0.349 e. The average molecular weight is 380 g/mol. The standard InChI is InChI=1S/C19H24N8O/c1-13-4-5-15-16(8-13)24-17(23-15)10-21-19(20-2)26-6-7-27(18(28)12-26)14-9-22-25(3)11-14/h4-5,8-9,11H,6-7,10,12H2,1-3H3,(H,20,21)(H,23,24). The molecule has 9 nitrogen and oxygen atoms in total. The second-order valence-corrected chi connectivity index (χ2v) is 6.94. The zero-order chi connectivity index (χ0) is 19.7.